The number of aromatic nitrogens is 1. The first-order valence-electron chi connectivity index (χ1n) is 11.2. The summed E-state index contributed by atoms with van der Waals surface area (Å²) in [5.74, 6) is -0.436. The van der Waals surface area contributed by atoms with Gasteiger partial charge in [-0.05, 0) is 24.6 Å². The van der Waals surface area contributed by atoms with Crippen molar-refractivity contribution in [1.29, 1.82) is 0 Å². The Bertz CT molecular complexity index is 1600. The summed E-state index contributed by atoms with van der Waals surface area (Å²) in [6, 6.07) is 24.9. The van der Waals surface area contributed by atoms with Gasteiger partial charge in [0, 0.05) is 11.1 Å². The van der Waals surface area contributed by atoms with E-state index in [1.165, 1.54) is 11.3 Å². The Labute approximate surface area is 205 Å². The van der Waals surface area contributed by atoms with Crippen LogP contribution in [-0.4, -0.2) is 22.2 Å². The first-order chi connectivity index (χ1) is 17.1. The normalized spacial score (nSPS) is 15.5. The molecule has 0 saturated carbocycles. The molecular formula is C28H22N2O4S. The number of thiazole rings is 1. The van der Waals surface area contributed by atoms with Gasteiger partial charge in [0.1, 0.15) is 5.75 Å². The zero-order chi connectivity index (χ0) is 24.4. The topological polar surface area (TPSA) is 80.9 Å². The molecular weight excluding hydrogens is 460 g/mol. The van der Waals surface area contributed by atoms with Gasteiger partial charge in [-0.3, -0.25) is 9.36 Å². The zero-order valence-corrected chi connectivity index (χ0v) is 19.7. The third kappa shape index (κ3) is 4.22. The van der Waals surface area contributed by atoms with E-state index < -0.39 is 12.0 Å². The number of aromatic hydroxyl groups is 1. The lowest BCUT2D eigenvalue weighted by Crippen LogP contribution is -2.39. The Morgan fingerprint density at radius 3 is 2.37 bits per heavy atom. The van der Waals surface area contributed by atoms with Crippen LogP contribution in [0.25, 0.3) is 11.8 Å². The lowest BCUT2D eigenvalue weighted by atomic mass is 9.93. The molecule has 1 aliphatic rings. The predicted octanol–water partition coefficient (Wildman–Crippen LogP) is 3.64. The van der Waals surface area contributed by atoms with Crippen molar-refractivity contribution in [2.45, 2.75) is 13.0 Å². The predicted molar refractivity (Wildman–Crippen MR) is 136 cm³/mol. The van der Waals surface area contributed by atoms with Crippen molar-refractivity contribution in [3.8, 4) is 5.75 Å². The van der Waals surface area contributed by atoms with E-state index in [9.17, 15) is 14.7 Å². The highest BCUT2D eigenvalue weighted by molar-refractivity contribution is 7.07. The van der Waals surface area contributed by atoms with Gasteiger partial charge in [-0.2, -0.15) is 0 Å². The van der Waals surface area contributed by atoms with Crippen LogP contribution in [0.15, 0.2) is 100 Å². The molecule has 3 aromatic carbocycles. The van der Waals surface area contributed by atoms with Gasteiger partial charge in [0.05, 0.1) is 28.5 Å². The molecule has 0 unspecified atom stereocenters. The van der Waals surface area contributed by atoms with Crippen LogP contribution in [0.3, 0.4) is 0 Å². The number of phenolic OH excluding ortho intramolecular Hbond substituents is 1. The van der Waals surface area contributed by atoms with E-state index in [1.807, 2.05) is 60.7 Å². The Balaban J connectivity index is 1.84. The van der Waals surface area contributed by atoms with Gasteiger partial charge >= 0.3 is 5.97 Å². The number of carbonyl (C=O) groups is 1. The summed E-state index contributed by atoms with van der Waals surface area (Å²) in [7, 11) is 0. The highest BCUT2D eigenvalue weighted by Gasteiger charge is 2.35. The smallest absolute Gasteiger partial charge is 0.338 e. The molecule has 2 heterocycles. The van der Waals surface area contributed by atoms with Crippen LogP contribution < -0.4 is 14.9 Å². The van der Waals surface area contributed by atoms with E-state index >= 15 is 0 Å². The summed E-state index contributed by atoms with van der Waals surface area (Å²) in [5, 5.41) is 10.2. The standard InChI is InChI=1S/C28H22N2O4S/c1-2-34-27(33)23-24(18-11-5-3-6-12-18)29-28-30(25(23)19-13-7-4-8-14-19)26(32)22(35-28)17-20-15-9-10-16-21(20)31/h3-17,25,31H,2H2,1H3/b22-17+/t25-/m0/s1. The highest BCUT2D eigenvalue weighted by Crippen LogP contribution is 2.35. The van der Waals surface area contributed by atoms with Crippen LogP contribution in [0.1, 0.15) is 29.7 Å². The van der Waals surface area contributed by atoms with Gasteiger partial charge in [0.15, 0.2) is 4.80 Å². The second kappa shape index (κ2) is 9.56. The number of esters is 1. The molecule has 1 N–H and O–H groups in total. The summed E-state index contributed by atoms with van der Waals surface area (Å²) in [6.07, 6.45) is 1.65. The van der Waals surface area contributed by atoms with Crippen molar-refractivity contribution < 1.29 is 14.6 Å². The molecule has 1 atom stereocenters. The van der Waals surface area contributed by atoms with Crippen LogP contribution in [0.4, 0.5) is 0 Å². The van der Waals surface area contributed by atoms with Crippen LogP contribution in [0, 0.1) is 0 Å². The molecule has 174 valence electrons. The van der Waals surface area contributed by atoms with Crippen molar-refractivity contribution in [3.05, 3.63) is 127 Å². The number of ether oxygens (including phenoxy) is 1. The number of hydrogen-bond donors (Lipinski definition) is 1. The number of nitrogens with zero attached hydrogens (tertiary/aromatic N) is 2. The van der Waals surface area contributed by atoms with Gasteiger partial charge < -0.3 is 9.84 Å². The largest absolute Gasteiger partial charge is 0.507 e. The van der Waals surface area contributed by atoms with Gasteiger partial charge in [-0.15, -0.1) is 0 Å². The number of hydrogen-bond acceptors (Lipinski definition) is 6. The minimum atomic E-state index is -0.715. The molecule has 0 spiro atoms. The van der Waals surface area contributed by atoms with Crippen LogP contribution in [-0.2, 0) is 9.53 Å². The van der Waals surface area contributed by atoms with Crippen LogP contribution in [0.5, 0.6) is 5.75 Å². The average molecular weight is 483 g/mol. The number of para-hydroxylation sites is 1. The molecule has 4 aromatic rings. The van der Waals surface area contributed by atoms with Gasteiger partial charge in [0.2, 0.25) is 0 Å². The molecule has 6 nitrogen and oxygen atoms in total. The summed E-state index contributed by atoms with van der Waals surface area (Å²) < 4.78 is 7.40. The Morgan fingerprint density at radius 2 is 1.69 bits per heavy atom. The van der Waals surface area contributed by atoms with Crippen LogP contribution in [0.2, 0.25) is 0 Å². The number of phenols is 1. The Morgan fingerprint density at radius 1 is 1.03 bits per heavy atom. The second-order valence-electron chi connectivity index (χ2n) is 7.90. The summed E-state index contributed by atoms with van der Waals surface area (Å²) in [5.41, 5.74) is 2.56. The maximum Gasteiger partial charge on any atom is 0.338 e. The molecule has 7 heteroatoms. The first kappa shape index (κ1) is 22.6. The molecule has 0 amide bonds. The monoisotopic (exact) mass is 482 g/mol. The molecule has 0 fully saturated rings. The minimum Gasteiger partial charge on any atom is -0.507 e. The van der Waals surface area contributed by atoms with Crippen molar-refractivity contribution in [2.75, 3.05) is 6.61 Å². The highest BCUT2D eigenvalue weighted by atomic mass is 32.1. The molecule has 0 bridgehead atoms. The SMILES string of the molecule is CCOC(=O)C1=C(c2ccccc2)N=c2s/c(=C/c3ccccc3O)c(=O)n2[C@H]1c1ccccc1. The van der Waals surface area contributed by atoms with E-state index in [2.05, 4.69) is 0 Å². The molecule has 0 aliphatic carbocycles. The lowest BCUT2D eigenvalue weighted by molar-refractivity contribution is -0.138. The lowest BCUT2D eigenvalue weighted by Gasteiger charge is -2.25. The van der Waals surface area contributed by atoms with Crippen molar-refractivity contribution in [2.24, 2.45) is 4.99 Å². The fourth-order valence-corrected chi connectivity index (χ4v) is 5.13. The van der Waals surface area contributed by atoms with Crippen molar-refractivity contribution >= 4 is 29.1 Å². The van der Waals surface area contributed by atoms with E-state index in [-0.39, 0.29) is 17.9 Å². The Kier molecular flexibility index (Phi) is 6.16. The summed E-state index contributed by atoms with van der Waals surface area (Å²) >= 11 is 1.22. The molecule has 1 aliphatic heterocycles. The van der Waals surface area contributed by atoms with Crippen molar-refractivity contribution in [1.82, 2.24) is 4.57 Å². The van der Waals surface area contributed by atoms with E-state index in [0.717, 1.165) is 11.1 Å². The molecule has 0 radical (unpaired) electrons. The maximum atomic E-state index is 13.7. The second-order valence-corrected chi connectivity index (χ2v) is 8.91. The summed E-state index contributed by atoms with van der Waals surface area (Å²) in [4.78, 5) is 32.3. The minimum absolute atomic E-state index is 0.0788. The molecule has 1 aromatic heterocycles. The number of carbonyl (C=O) groups excluding carboxylic acids is 1. The molecule has 5 rings (SSSR count). The van der Waals surface area contributed by atoms with E-state index in [4.69, 9.17) is 9.73 Å². The first-order valence-corrected chi connectivity index (χ1v) is 12.0. The van der Waals surface area contributed by atoms with Crippen LogP contribution >= 0.6 is 11.3 Å². The quantitative estimate of drug-likeness (QED) is 0.441. The fourth-order valence-electron chi connectivity index (χ4n) is 4.14. The molecule has 0 saturated heterocycles. The van der Waals surface area contributed by atoms with E-state index in [1.54, 1.807) is 41.8 Å². The number of rotatable bonds is 5. The van der Waals surface area contributed by atoms with Gasteiger partial charge in [-0.25, -0.2) is 9.79 Å². The van der Waals surface area contributed by atoms with E-state index in [0.29, 0.717) is 26.2 Å². The Hall–Kier alpha value is -4.23. The average Bonchev–Trinajstić information content (AvgIpc) is 3.20. The van der Waals surface area contributed by atoms with Crippen molar-refractivity contribution in [3.63, 3.8) is 0 Å². The fraction of sp³-hybridized carbons (Fsp3) is 0.107. The number of fused-ring (bicyclic) bond motifs is 1. The van der Waals surface area contributed by atoms with Gasteiger partial charge in [0.25, 0.3) is 5.56 Å². The number of benzene rings is 3. The molecule has 35 heavy (non-hydrogen) atoms. The maximum absolute atomic E-state index is 13.7. The third-order valence-electron chi connectivity index (χ3n) is 5.71. The third-order valence-corrected chi connectivity index (χ3v) is 6.70. The van der Waals surface area contributed by atoms with Gasteiger partial charge in [-0.1, -0.05) is 90.2 Å². The summed E-state index contributed by atoms with van der Waals surface area (Å²) in [6.45, 7) is 1.95. The zero-order valence-electron chi connectivity index (χ0n) is 18.9.